The SMILES string of the molecule is CN(CCCc1ccc(C=N)cc1)S(=O)(=O)N1CCN(c2ncnc3[nH]ccc23)CC12CC2. The Balaban J connectivity index is 1.24. The van der Waals surface area contributed by atoms with E-state index in [-0.39, 0.29) is 5.54 Å². The molecule has 0 bridgehead atoms. The average molecular weight is 468 g/mol. The molecule has 2 aromatic heterocycles. The predicted octanol–water partition coefficient (Wildman–Crippen LogP) is 2.42. The number of hydrogen-bond acceptors (Lipinski definition) is 6. The fraction of sp³-hybridized carbons (Fsp3) is 0.435. The van der Waals surface area contributed by atoms with Gasteiger partial charge in [-0.05, 0) is 42.9 Å². The van der Waals surface area contributed by atoms with E-state index in [1.54, 1.807) is 17.7 Å². The molecule has 2 aliphatic rings. The summed E-state index contributed by atoms with van der Waals surface area (Å²) < 4.78 is 30.1. The molecule has 1 saturated heterocycles. The van der Waals surface area contributed by atoms with Gasteiger partial charge in [-0.3, -0.25) is 0 Å². The van der Waals surface area contributed by atoms with Crippen LogP contribution in [0.15, 0.2) is 42.9 Å². The van der Waals surface area contributed by atoms with E-state index < -0.39 is 10.2 Å². The van der Waals surface area contributed by atoms with Gasteiger partial charge in [0, 0.05) is 45.6 Å². The lowest BCUT2D eigenvalue weighted by Crippen LogP contribution is -2.59. The first-order valence-electron chi connectivity index (χ1n) is 11.3. The summed E-state index contributed by atoms with van der Waals surface area (Å²) in [6.07, 6.45) is 8.03. The minimum absolute atomic E-state index is 0.346. The highest BCUT2D eigenvalue weighted by molar-refractivity contribution is 7.86. The number of aryl methyl sites for hydroxylation is 1. The largest absolute Gasteiger partial charge is 0.353 e. The molecular formula is C23H29N7O2S. The summed E-state index contributed by atoms with van der Waals surface area (Å²) in [4.78, 5) is 14.1. The van der Waals surface area contributed by atoms with Gasteiger partial charge in [-0.15, -0.1) is 0 Å². The van der Waals surface area contributed by atoms with Crippen molar-refractivity contribution in [2.75, 3.05) is 38.1 Å². The summed E-state index contributed by atoms with van der Waals surface area (Å²) in [6.45, 7) is 2.18. The van der Waals surface area contributed by atoms with Gasteiger partial charge in [0.2, 0.25) is 0 Å². The molecule has 9 nitrogen and oxygen atoms in total. The highest BCUT2D eigenvalue weighted by Gasteiger charge is 2.56. The summed E-state index contributed by atoms with van der Waals surface area (Å²) in [5.74, 6) is 0.868. The van der Waals surface area contributed by atoms with Crippen molar-refractivity contribution in [1.82, 2.24) is 23.6 Å². The number of nitrogens with zero attached hydrogens (tertiary/aromatic N) is 5. The van der Waals surface area contributed by atoms with Crippen LogP contribution < -0.4 is 4.90 Å². The van der Waals surface area contributed by atoms with Crippen molar-refractivity contribution in [3.63, 3.8) is 0 Å². The van der Waals surface area contributed by atoms with Gasteiger partial charge in [-0.25, -0.2) is 9.97 Å². The number of rotatable bonds is 8. The third-order valence-electron chi connectivity index (χ3n) is 6.80. The van der Waals surface area contributed by atoms with Crippen molar-refractivity contribution in [3.05, 3.63) is 54.0 Å². The molecular weight excluding hydrogens is 438 g/mol. The molecule has 1 spiro atoms. The zero-order chi connectivity index (χ0) is 23.1. The zero-order valence-corrected chi connectivity index (χ0v) is 19.6. The van der Waals surface area contributed by atoms with Crippen LogP contribution in [0.25, 0.3) is 11.0 Å². The van der Waals surface area contributed by atoms with Gasteiger partial charge >= 0.3 is 0 Å². The second-order valence-corrected chi connectivity index (χ2v) is 10.9. The summed E-state index contributed by atoms with van der Waals surface area (Å²) in [5.41, 5.74) is 2.47. The molecule has 0 unspecified atom stereocenters. The van der Waals surface area contributed by atoms with E-state index in [0.29, 0.717) is 26.2 Å². The monoisotopic (exact) mass is 467 g/mol. The molecule has 5 rings (SSSR count). The van der Waals surface area contributed by atoms with Crippen molar-refractivity contribution in [1.29, 1.82) is 5.41 Å². The zero-order valence-electron chi connectivity index (χ0n) is 18.7. The van der Waals surface area contributed by atoms with E-state index in [9.17, 15) is 8.42 Å². The molecule has 1 aromatic carbocycles. The number of piperazine rings is 1. The molecule has 1 aliphatic carbocycles. The lowest BCUT2D eigenvalue weighted by Gasteiger charge is -2.43. The topological polar surface area (TPSA) is 109 Å². The van der Waals surface area contributed by atoms with Crippen molar-refractivity contribution in [2.45, 2.75) is 31.2 Å². The number of aromatic amines is 1. The first kappa shape index (κ1) is 22.0. The van der Waals surface area contributed by atoms with Crippen LogP contribution in [-0.4, -0.2) is 77.0 Å². The lowest BCUT2D eigenvalue weighted by molar-refractivity contribution is 0.250. The maximum Gasteiger partial charge on any atom is 0.282 e. The van der Waals surface area contributed by atoms with Crippen LogP contribution >= 0.6 is 0 Å². The Morgan fingerprint density at radius 3 is 2.70 bits per heavy atom. The number of anilines is 1. The van der Waals surface area contributed by atoms with Crippen LogP contribution in [0, 0.1) is 5.41 Å². The highest BCUT2D eigenvalue weighted by Crippen LogP contribution is 2.47. The molecule has 2 fully saturated rings. The third-order valence-corrected chi connectivity index (χ3v) is 8.90. The van der Waals surface area contributed by atoms with Crippen LogP contribution in [0.2, 0.25) is 0 Å². The maximum absolute atomic E-state index is 13.5. The van der Waals surface area contributed by atoms with Gasteiger partial charge in [-0.2, -0.15) is 17.0 Å². The van der Waals surface area contributed by atoms with E-state index in [1.807, 2.05) is 36.5 Å². The average Bonchev–Trinajstić information content (AvgIpc) is 3.40. The van der Waals surface area contributed by atoms with Crippen molar-refractivity contribution in [3.8, 4) is 0 Å². The van der Waals surface area contributed by atoms with Crippen LogP contribution in [0.3, 0.4) is 0 Å². The van der Waals surface area contributed by atoms with Gasteiger partial charge in [0.15, 0.2) is 0 Å². The quantitative estimate of drug-likeness (QED) is 0.495. The van der Waals surface area contributed by atoms with Gasteiger partial charge in [-0.1, -0.05) is 24.3 Å². The van der Waals surface area contributed by atoms with Crippen LogP contribution in [-0.2, 0) is 16.6 Å². The van der Waals surface area contributed by atoms with Gasteiger partial charge < -0.3 is 15.3 Å². The molecule has 2 N–H and O–H groups in total. The normalized spacial score (nSPS) is 18.3. The van der Waals surface area contributed by atoms with Crippen molar-refractivity contribution < 1.29 is 8.42 Å². The molecule has 174 valence electrons. The van der Waals surface area contributed by atoms with Crippen molar-refractivity contribution in [2.24, 2.45) is 0 Å². The second-order valence-electron chi connectivity index (χ2n) is 8.97. The number of nitrogens with one attached hydrogen (secondary N) is 2. The lowest BCUT2D eigenvalue weighted by atomic mass is 10.1. The Bertz CT molecular complexity index is 1250. The molecule has 3 aromatic rings. The number of aromatic nitrogens is 3. The second kappa shape index (κ2) is 8.51. The molecule has 3 heterocycles. The van der Waals surface area contributed by atoms with E-state index in [0.717, 1.165) is 53.7 Å². The first-order valence-corrected chi connectivity index (χ1v) is 12.7. The Hall–Kier alpha value is -2.82. The molecule has 1 saturated carbocycles. The van der Waals surface area contributed by atoms with Gasteiger partial charge in [0.25, 0.3) is 10.2 Å². The predicted molar refractivity (Wildman–Crippen MR) is 129 cm³/mol. The molecule has 1 aliphatic heterocycles. The number of H-pyrrole nitrogens is 1. The summed E-state index contributed by atoms with van der Waals surface area (Å²) in [5, 5.41) is 8.26. The molecule has 0 amide bonds. The summed E-state index contributed by atoms with van der Waals surface area (Å²) in [7, 11) is -1.85. The minimum Gasteiger partial charge on any atom is -0.353 e. The third kappa shape index (κ3) is 4.14. The molecule has 0 atom stereocenters. The standard InChI is InChI=1S/C23H29N7O2S/c1-28(12-2-3-18-4-6-19(15-24)7-5-18)33(31,32)30-14-13-29(16-23(30)9-10-23)22-20-8-11-25-21(20)26-17-27-22/h4-8,11,15,17,24H,2-3,9-10,12-14,16H2,1H3,(H,25,26,27). The van der Waals surface area contributed by atoms with Gasteiger partial charge in [0.05, 0.1) is 10.9 Å². The van der Waals surface area contributed by atoms with Crippen LogP contribution in [0.1, 0.15) is 30.4 Å². The number of fused-ring (bicyclic) bond motifs is 1. The maximum atomic E-state index is 13.5. The first-order chi connectivity index (χ1) is 15.9. The van der Waals surface area contributed by atoms with Crippen LogP contribution in [0.5, 0.6) is 0 Å². The summed E-state index contributed by atoms with van der Waals surface area (Å²) >= 11 is 0. The Morgan fingerprint density at radius 1 is 1.18 bits per heavy atom. The van der Waals surface area contributed by atoms with E-state index in [1.165, 1.54) is 10.5 Å². The number of benzene rings is 1. The van der Waals surface area contributed by atoms with Crippen molar-refractivity contribution >= 4 is 33.3 Å². The fourth-order valence-corrected chi connectivity index (χ4v) is 6.47. The molecule has 10 heteroatoms. The Labute approximate surface area is 194 Å². The van der Waals surface area contributed by atoms with E-state index in [2.05, 4.69) is 19.9 Å². The van der Waals surface area contributed by atoms with Crippen LogP contribution in [0.4, 0.5) is 5.82 Å². The fourth-order valence-electron chi connectivity index (χ4n) is 4.74. The summed E-state index contributed by atoms with van der Waals surface area (Å²) in [6, 6.07) is 9.81. The molecule has 0 radical (unpaired) electrons. The Morgan fingerprint density at radius 2 is 1.97 bits per heavy atom. The minimum atomic E-state index is -3.54. The van der Waals surface area contributed by atoms with E-state index in [4.69, 9.17) is 5.41 Å². The van der Waals surface area contributed by atoms with E-state index >= 15 is 0 Å². The molecule has 33 heavy (non-hydrogen) atoms. The smallest absolute Gasteiger partial charge is 0.282 e. The number of hydrogen-bond donors (Lipinski definition) is 2. The highest BCUT2D eigenvalue weighted by atomic mass is 32.2. The Kier molecular flexibility index (Phi) is 5.67. The van der Waals surface area contributed by atoms with Gasteiger partial charge in [0.1, 0.15) is 17.8 Å².